The lowest BCUT2D eigenvalue weighted by Gasteiger charge is -2.23. The number of urea groups is 1. The van der Waals surface area contributed by atoms with Crippen LogP contribution in [0.15, 0.2) is 0 Å². The number of hydrogen-bond acceptors (Lipinski definition) is 2. The van der Waals surface area contributed by atoms with Crippen LogP contribution in [-0.4, -0.2) is 54.6 Å². The van der Waals surface area contributed by atoms with Crippen molar-refractivity contribution in [3.05, 3.63) is 0 Å². The number of nitrogens with zero attached hydrogens (tertiary/aromatic N) is 2. The molecule has 0 aromatic heterocycles. The molecule has 0 aromatic rings. The van der Waals surface area contributed by atoms with Gasteiger partial charge in [0.2, 0.25) is 0 Å². The highest BCUT2D eigenvalue weighted by Crippen LogP contribution is 2.05. The number of nitrogens with one attached hydrogen (secondary N) is 1. The van der Waals surface area contributed by atoms with Crippen molar-refractivity contribution in [2.24, 2.45) is 0 Å². The minimum Gasteiger partial charge on any atom is -0.326 e. The second-order valence-corrected chi connectivity index (χ2v) is 4.87. The molecule has 1 fully saturated rings. The first-order valence-electron chi connectivity index (χ1n) is 5.15. The number of amides is 2. The molecule has 0 radical (unpaired) electrons. The maximum Gasteiger partial charge on any atom is 0.319 e. The van der Waals surface area contributed by atoms with Gasteiger partial charge >= 0.3 is 6.03 Å². The van der Waals surface area contributed by atoms with Crippen molar-refractivity contribution in [1.29, 1.82) is 0 Å². The number of carbonyl (C=O) groups excluding carboxylic acids is 1. The fourth-order valence-corrected chi connectivity index (χ4v) is 1.48. The third-order valence-electron chi connectivity index (χ3n) is 2.34. The summed E-state index contributed by atoms with van der Waals surface area (Å²) >= 11 is 0. The fraction of sp³-hybridized carbons (Fsp3) is 0.900. The predicted octanol–water partition coefficient (Wildman–Crippen LogP) is 0.742. The molecule has 14 heavy (non-hydrogen) atoms. The Morgan fingerprint density at radius 3 is 2.43 bits per heavy atom. The van der Waals surface area contributed by atoms with E-state index < -0.39 is 0 Å². The lowest BCUT2D eigenvalue weighted by atomic mass is 10.1. The van der Waals surface area contributed by atoms with Crippen LogP contribution >= 0.6 is 0 Å². The molecule has 82 valence electrons. The Morgan fingerprint density at radius 1 is 1.36 bits per heavy atom. The van der Waals surface area contributed by atoms with Gasteiger partial charge in [0.15, 0.2) is 0 Å². The summed E-state index contributed by atoms with van der Waals surface area (Å²) in [6.45, 7) is 9.78. The van der Waals surface area contributed by atoms with Crippen LogP contribution in [0.1, 0.15) is 20.8 Å². The molecule has 1 aliphatic heterocycles. The molecule has 4 nitrogen and oxygen atoms in total. The first-order valence-corrected chi connectivity index (χ1v) is 5.15. The molecular weight excluding hydrogens is 178 g/mol. The van der Waals surface area contributed by atoms with Gasteiger partial charge in [-0.3, -0.25) is 0 Å². The zero-order valence-corrected chi connectivity index (χ0v) is 9.63. The van der Waals surface area contributed by atoms with Gasteiger partial charge < -0.3 is 15.1 Å². The average Bonchev–Trinajstić information content (AvgIpc) is 2.33. The third-order valence-corrected chi connectivity index (χ3v) is 2.34. The van der Waals surface area contributed by atoms with Gasteiger partial charge in [-0.2, -0.15) is 0 Å². The minimum absolute atomic E-state index is 0.134. The maximum absolute atomic E-state index is 11.5. The van der Waals surface area contributed by atoms with Gasteiger partial charge in [0, 0.05) is 38.8 Å². The number of rotatable bonds is 3. The van der Waals surface area contributed by atoms with Crippen molar-refractivity contribution < 1.29 is 4.79 Å². The van der Waals surface area contributed by atoms with E-state index in [1.807, 2.05) is 11.9 Å². The van der Waals surface area contributed by atoms with Crippen LogP contribution in [0.4, 0.5) is 4.79 Å². The summed E-state index contributed by atoms with van der Waals surface area (Å²) < 4.78 is 0. The van der Waals surface area contributed by atoms with Crippen molar-refractivity contribution in [2.45, 2.75) is 26.3 Å². The SMILES string of the molecule is CN1CCN(CCNC(C)(C)C)C1=O. The lowest BCUT2D eigenvalue weighted by molar-refractivity contribution is 0.197. The maximum atomic E-state index is 11.5. The quantitative estimate of drug-likeness (QED) is 0.727. The Hall–Kier alpha value is -0.770. The molecule has 0 aromatic carbocycles. The summed E-state index contributed by atoms with van der Waals surface area (Å²) in [4.78, 5) is 15.1. The summed E-state index contributed by atoms with van der Waals surface area (Å²) in [7, 11) is 1.85. The van der Waals surface area contributed by atoms with E-state index in [1.54, 1.807) is 4.90 Å². The van der Waals surface area contributed by atoms with Crippen LogP contribution in [0.2, 0.25) is 0 Å². The zero-order chi connectivity index (χ0) is 10.8. The second kappa shape index (κ2) is 4.17. The number of hydrogen-bond donors (Lipinski definition) is 1. The van der Waals surface area contributed by atoms with E-state index in [2.05, 4.69) is 26.1 Å². The molecule has 1 saturated heterocycles. The second-order valence-electron chi connectivity index (χ2n) is 4.87. The van der Waals surface area contributed by atoms with Gasteiger partial charge in [0.25, 0.3) is 0 Å². The van der Waals surface area contributed by atoms with Gasteiger partial charge in [-0.05, 0) is 20.8 Å². The van der Waals surface area contributed by atoms with Gasteiger partial charge in [-0.1, -0.05) is 0 Å². The normalized spacial score (nSPS) is 18.1. The van der Waals surface area contributed by atoms with Crippen molar-refractivity contribution in [3.63, 3.8) is 0 Å². The van der Waals surface area contributed by atoms with Crippen LogP contribution in [0, 0.1) is 0 Å². The molecule has 1 aliphatic rings. The molecular formula is C10H21N3O. The number of likely N-dealkylation sites (N-methyl/N-ethyl adjacent to an activating group) is 1. The Labute approximate surface area is 86.2 Å². The Morgan fingerprint density at radius 2 is 2.00 bits per heavy atom. The van der Waals surface area contributed by atoms with E-state index in [0.717, 1.165) is 26.2 Å². The highest BCUT2D eigenvalue weighted by Gasteiger charge is 2.24. The van der Waals surface area contributed by atoms with Gasteiger partial charge in [0.05, 0.1) is 0 Å². The highest BCUT2D eigenvalue weighted by atomic mass is 16.2. The van der Waals surface area contributed by atoms with E-state index in [4.69, 9.17) is 0 Å². The summed E-state index contributed by atoms with van der Waals surface area (Å²) in [6.07, 6.45) is 0. The predicted molar refractivity (Wildman–Crippen MR) is 57.4 cm³/mol. The molecule has 0 saturated carbocycles. The van der Waals surface area contributed by atoms with Crippen LogP contribution < -0.4 is 5.32 Å². The lowest BCUT2D eigenvalue weighted by Crippen LogP contribution is -2.42. The highest BCUT2D eigenvalue weighted by molar-refractivity contribution is 5.76. The molecule has 2 amide bonds. The van der Waals surface area contributed by atoms with E-state index in [-0.39, 0.29) is 11.6 Å². The van der Waals surface area contributed by atoms with Crippen molar-refractivity contribution in [3.8, 4) is 0 Å². The molecule has 0 bridgehead atoms. The van der Waals surface area contributed by atoms with Gasteiger partial charge in [0.1, 0.15) is 0 Å². The van der Waals surface area contributed by atoms with Crippen LogP contribution in [0.3, 0.4) is 0 Å². The van der Waals surface area contributed by atoms with Crippen molar-refractivity contribution in [2.75, 3.05) is 33.2 Å². The van der Waals surface area contributed by atoms with Gasteiger partial charge in [-0.25, -0.2) is 4.79 Å². The smallest absolute Gasteiger partial charge is 0.319 e. The summed E-state index contributed by atoms with van der Waals surface area (Å²) in [5.74, 6) is 0. The zero-order valence-electron chi connectivity index (χ0n) is 9.63. The third kappa shape index (κ3) is 3.18. The van der Waals surface area contributed by atoms with E-state index >= 15 is 0 Å². The average molecular weight is 199 g/mol. The van der Waals surface area contributed by atoms with Crippen molar-refractivity contribution in [1.82, 2.24) is 15.1 Å². The first-order chi connectivity index (χ1) is 6.40. The summed E-state index contributed by atoms with van der Waals surface area (Å²) in [5, 5.41) is 3.37. The fourth-order valence-electron chi connectivity index (χ4n) is 1.48. The molecule has 0 atom stereocenters. The summed E-state index contributed by atoms with van der Waals surface area (Å²) in [6, 6.07) is 0.153. The van der Waals surface area contributed by atoms with Crippen molar-refractivity contribution >= 4 is 6.03 Å². The van der Waals surface area contributed by atoms with Crippen LogP contribution in [0.25, 0.3) is 0 Å². The number of carbonyl (C=O) groups is 1. The minimum atomic E-state index is 0.134. The van der Waals surface area contributed by atoms with E-state index in [0.29, 0.717) is 0 Å². The molecule has 0 aliphatic carbocycles. The molecule has 0 unspecified atom stereocenters. The Balaban J connectivity index is 2.23. The summed E-state index contributed by atoms with van der Waals surface area (Å²) in [5.41, 5.74) is 0.134. The monoisotopic (exact) mass is 199 g/mol. The Bertz CT molecular complexity index is 210. The molecule has 1 N–H and O–H groups in total. The molecule has 1 rings (SSSR count). The Kier molecular flexibility index (Phi) is 3.37. The van der Waals surface area contributed by atoms with Gasteiger partial charge in [-0.15, -0.1) is 0 Å². The van der Waals surface area contributed by atoms with Crippen LogP contribution in [-0.2, 0) is 0 Å². The van der Waals surface area contributed by atoms with E-state index in [1.165, 1.54) is 0 Å². The first kappa shape index (κ1) is 11.3. The molecule has 4 heteroatoms. The standard InChI is InChI=1S/C10H21N3O/c1-10(2,3)11-5-6-13-8-7-12(4)9(13)14/h11H,5-8H2,1-4H3. The van der Waals surface area contributed by atoms with E-state index in [9.17, 15) is 4.79 Å². The topological polar surface area (TPSA) is 35.6 Å². The molecule has 1 heterocycles. The largest absolute Gasteiger partial charge is 0.326 e. The van der Waals surface area contributed by atoms with Crippen LogP contribution in [0.5, 0.6) is 0 Å². The molecule has 0 spiro atoms.